The zero-order valence-corrected chi connectivity index (χ0v) is 13.6. The first kappa shape index (κ1) is 14.8. The van der Waals surface area contributed by atoms with Gasteiger partial charge in [-0.1, -0.05) is 28.4 Å². The Labute approximate surface area is 123 Å². The van der Waals surface area contributed by atoms with Gasteiger partial charge in [0.15, 0.2) is 0 Å². The Bertz CT molecular complexity index is 560. The molecule has 0 aromatic heterocycles. The van der Waals surface area contributed by atoms with Crippen molar-refractivity contribution in [3.63, 3.8) is 0 Å². The van der Waals surface area contributed by atoms with Gasteiger partial charge in [-0.15, -0.1) is 0 Å². The van der Waals surface area contributed by atoms with Crippen molar-refractivity contribution in [2.24, 2.45) is 0 Å². The Hall–Kier alpha value is -0.590. The van der Waals surface area contributed by atoms with E-state index >= 15 is 0 Å². The third-order valence-corrected chi connectivity index (χ3v) is 5.62. The molecule has 19 heavy (non-hydrogen) atoms. The van der Waals surface area contributed by atoms with E-state index in [0.717, 1.165) is 29.3 Å². The summed E-state index contributed by atoms with van der Waals surface area (Å²) in [6, 6.07) is 5.65. The number of benzene rings is 1. The van der Waals surface area contributed by atoms with Crippen LogP contribution >= 0.6 is 15.9 Å². The van der Waals surface area contributed by atoms with Crippen molar-refractivity contribution in [2.75, 3.05) is 11.3 Å². The average Bonchev–Trinajstić information content (AvgIpc) is 2.34. The van der Waals surface area contributed by atoms with E-state index in [1.165, 1.54) is 0 Å². The van der Waals surface area contributed by atoms with Crippen LogP contribution in [0.15, 0.2) is 22.7 Å². The summed E-state index contributed by atoms with van der Waals surface area (Å²) in [5, 5.41) is 0. The number of rotatable bonds is 3. The lowest BCUT2D eigenvalue weighted by Gasteiger charge is -2.32. The van der Waals surface area contributed by atoms with Crippen LogP contribution in [0.25, 0.3) is 0 Å². The van der Waals surface area contributed by atoms with Gasteiger partial charge in [-0.2, -0.15) is 12.7 Å². The van der Waals surface area contributed by atoms with E-state index in [4.69, 9.17) is 0 Å². The minimum Gasteiger partial charge on any atom is -0.271 e. The summed E-state index contributed by atoms with van der Waals surface area (Å²) in [6.45, 7) is 4.46. The van der Waals surface area contributed by atoms with Crippen molar-refractivity contribution in [3.05, 3.63) is 28.2 Å². The summed E-state index contributed by atoms with van der Waals surface area (Å²) >= 11 is 3.36. The van der Waals surface area contributed by atoms with Crippen LogP contribution in [0.3, 0.4) is 0 Å². The molecule has 1 aliphatic rings. The second kappa shape index (κ2) is 5.81. The molecule has 0 saturated carbocycles. The molecule has 1 saturated heterocycles. The van der Waals surface area contributed by atoms with Gasteiger partial charge in [-0.25, -0.2) is 0 Å². The zero-order valence-electron chi connectivity index (χ0n) is 11.2. The first-order chi connectivity index (χ1) is 8.90. The van der Waals surface area contributed by atoms with Crippen molar-refractivity contribution < 1.29 is 8.42 Å². The van der Waals surface area contributed by atoms with Crippen molar-refractivity contribution >= 4 is 31.8 Å². The first-order valence-electron chi connectivity index (χ1n) is 6.46. The highest BCUT2D eigenvalue weighted by Crippen LogP contribution is 2.25. The molecule has 6 heteroatoms. The molecule has 4 nitrogen and oxygen atoms in total. The zero-order chi connectivity index (χ0) is 14.0. The molecule has 0 spiro atoms. The molecular weight excluding hydrogens is 328 g/mol. The van der Waals surface area contributed by atoms with E-state index in [0.29, 0.717) is 12.2 Å². The molecule has 1 unspecified atom stereocenters. The van der Waals surface area contributed by atoms with E-state index < -0.39 is 10.2 Å². The van der Waals surface area contributed by atoms with Gasteiger partial charge in [0, 0.05) is 17.1 Å². The molecule has 2 rings (SSSR count). The molecule has 1 fully saturated rings. The van der Waals surface area contributed by atoms with Gasteiger partial charge in [0.1, 0.15) is 0 Å². The molecule has 0 radical (unpaired) electrons. The Morgan fingerprint density at radius 1 is 1.37 bits per heavy atom. The maximum absolute atomic E-state index is 12.4. The van der Waals surface area contributed by atoms with E-state index in [2.05, 4.69) is 20.7 Å². The van der Waals surface area contributed by atoms with Gasteiger partial charge < -0.3 is 0 Å². The first-order valence-corrected chi connectivity index (χ1v) is 8.69. The third-order valence-electron chi connectivity index (χ3n) is 3.49. The van der Waals surface area contributed by atoms with Gasteiger partial charge in [0.2, 0.25) is 0 Å². The van der Waals surface area contributed by atoms with Crippen LogP contribution in [0.2, 0.25) is 0 Å². The predicted molar refractivity (Wildman–Crippen MR) is 81.4 cm³/mol. The summed E-state index contributed by atoms with van der Waals surface area (Å²) in [6.07, 6.45) is 2.96. The molecule has 106 valence electrons. The third kappa shape index (κ3) is 3.49. The monoisotopic (exact) mass is 346 g/mol. The average molecular weight is 347 g/mol. The highest BCUT2D eigenvalue weighted by molar-refractivity contribution is 9.10. The highest BCUT2D eigenvalue weighted by atomic mass is 79.9. The summed E-state index contributed by atoms with van der Waals surface area (Å²) in [7, 11) is -3.46. The molecule has 1 atom stereocenters. The van der Waals surface area contributed by atoms with Crippen LogP contribution in [0.4, 0.5) is 5.69 Å². The van der Waals surface area contributed by atoms with Crippen LogP contribution < -0.4 is 4.72 Å². The lowest BCUT2D eigenvalue weighted by atomic mass is 10.1. The number of nitrogens with zero attached hydrogens (tertiary/aromatic N) is 1. The Balaban J connectivity index is 2.23. The summed E-state index contributed by atoms with van der Waals surface area (Å²) < 4.78 is 30.0. The molecule has 1 N–H and O–H groups in total. The molecule has 1 aromatic carbocycles. The minimum absolute atomic E-state index is 0.0682. The molecule has 0 aliphatic carbocycles. The van der Waals surface area contributed by atoms with E-state index in [1.54, 1.807) is 10.4 Å². The number of hydrogen-bond donors (Lipinski definition) is 1. The lowest BCUT2D eigenvalue weighted by Crippen LogP contribution is -2.44. The van der Waals surface area contributed by atoms with Crippen LogP contribution in [0, 0.1) is 6.92 Å². The topological polar surface area (TPSA) is 49.4 Å². The Morgan fingerprint density at radius 2 is 2.11 bits per heavy atom. The van der Waals surface area contributed by atoms with Crippen molar-refractivity contribution in [1.29, 1.82) is 0 Å². The van der Waals surface area contributed by atoms with E-state index in [-0.39, 0.29) is 6.04 Å². The van der Waals surface area contributed by atoms with Gasteiger partial charge >= 0.3 is 10.2 Å². The fourth-order valence-electron chi connectivity index (χ4n) is 2.33. The number of anilines is 1. The van der Waals surface area contributed by atoms with Crippen molar-refractivity contribution in [3.8, 4) is 0 Å². The van der Waals surface area contributed by atoms with Gasteiger partial charge in [0.05, 0.1) is 5.69 Å². The predicted octanol–water partition coefficient (Wildman–Crippen LogP) is 3.29. The van der Waals surface area contributed by atoms with Crippen molar-refractivity contribution in [1.82, 2.24) is 4.31 Å². The van der Waals surface area contributed by atoms with Crippen LogP contribution in [-0.4, -0.2) is 25.3 Å². The maximum Gasteiger partial charge on any atom is 0.301 e. The Kier molecular flexibility index (Phi) is 4.53. The van der Waals surface area contributed by atoms with Gasteiger partial charge in [0.25, 0.3) is 0 Å². The maximum atomic E-state index is 12.4. The SMILES string of the molecule is Cc1ccc(Br)cc1NS(=O)(=O)N1CCCCC1C. The minimum atomic E-state index is -3.46. The van der Waals surface area contributed by atoms with E-state index in [1.807, 2.05) is 26.0 Å². The normalized spacial score (nSPS) is 21.3. The summed E-state index contributed by atoms with van der Waals surface area (Å²) in [5.41, 5.74) is 1.54. The smallest absolute Gasteiger partial charge is 0.271 e. The van der Waals surface area contributed by atoms with Crippen LogP contribution in [0.1, 0.15) is 31.7 Å². The fourth-order valence-corrected chi connectivity index (χ4v) is 4.26. The lowest BCUT2D eigenvalue weighted by molar-refractivity contribution is 0.270. The van der Waals surface area contributed by atoms with Crippen LogP contribution in [-0.2, 0) is 10.2 Å². The summed E-state index contributed by atoms with van der Waals surface area (Å²) in [4.78, 5) is 0. The van der Waals surface area contributed by atoms with Crippen molar-refractivity contribution in [2.45, 2.75) is 39.2 Å². The summed E-state index contributed by atoms with van der Waals surface area (Å²) in [5.74, 6) is 0. The molecule has 1 heterocycles. The molecule has 1 aliphatic heterocycles. The largest absolute Gasteiger partial charge is 0.301 e. The van der Waals surface area contributed by atoms with Gasteiger partial charge in [-0.3, -0.25) is 4.72 Å². The van der Waals surface area contributed by atoms with Crippen LogP contribution in [0.5, 0.6) is 0 Å². The number of nitrogens with one attached hydrogen (secondary N) is 1. The number of halogens is 1. The Morgan fingerprint density at radius 3 is 2.79 bits per heavy atom. The standard InChI is InChI=1S/C13H19BrN2O2S/c1-10-6-7-12(14)9-13(10)15-19(17,18)16-8-4-3-5-11(16)2/h6-7,9,11,15H,3-5,8H2,1-2H3. The quantitative estimate of drug-likeness (QED) is 0.912. The number of aryl methyl sites for hydroxylation is 1. The van der Waals surface area contributed by atoms with Gasteiger partial charge in [-0.05, 0) is 44.4 Å². The van der Waals surface area contributed by atoms with E-state index in [9.17, 15) is 8.42 Å². The fraction of sp³-hybridized carbons (Fsp3) is 0.538. The molecule has 0 bridgehead atoms. The molecule has 1 aromatic rings. The molecular formula is C13H19BrN2O2S. The highest BCUT2D eigenvalue weighted by Gasteiger charge is 2.29. The second-order valence-electron chi connectivity index (χ2n) is 5.02. The molecule has 0 amide bonds. The number of piperidine rings is 1. The number of hydrogen-bond acceptors (Lipinski definition) is 2. The second-order valence-corrected chi connectivity index (χ2v) is 7.56.